The van der Waals surface area contributed by atoms with Crippen LogP contribution in [0.1, 0.15) is 0 Å². The van der Waals surface area contributed by atoms with Crippen LogP contribution < -0.4 is 5.32 Å². The molecule has 0 saturated heterocycles. The summed E-state index contributed by atoms with van der Waals surface area (Å²) in [6, 6.07) is 1.75. The number of carboxylic acids is 1. The summed E-state index contributed by atoms with van der Waals surface area (Å²) in [7, 11) is 0. The number of aliphatic hydroxyl groups is 1. The molecule has 0 aliphatic rings. The summed E-state index contributed by atoms with van der Waals surface area (Å²) >= 11 is 0. The molecule has 9 heteroatoms. The molecule has 1 aromatic carbocycles. The summed E-state index contributed by atoms with van der Waals surface area (Å²) in [5, 5.41) is 31.4. The zero-order chi connectivity index (χ0) is 15.6. The molecule has 0 bridgehead atoms. The van der Waals surface area contributed by atoms with Gasteiger partial charge in [0.2, 0.25) is 0 Å². The van der Waals surface area contributed by atoms with Crippen LogP contribution in [0.25, 0.3) is 10.8 Å². The van der Waals surface area contributed by atoms with Crippen LogP contribution in [0.2, 0.25) is 0 Å². The highest BCUT2D eigenvalue weighted by Gasteiger charge is 2.20. The Morgan fingerprint density at radius 2 is 2.19 bits per heavy atom. The first-order valence-corrected chi connectivity index (χ1v) is 5.77. The number of carbonyl (C=O) groups is 1. The number of halogens is 1. The van der Waals surface area contributed by atoms with Gasteiger partial charge in [-0.05, 0) is 12.1 Å². The van der Waals surface area contributed by atoms with Crippen LogP contribution in [-0.2, 0) is 4.79 Å². The van der Waals surface area contributed by atoms with Crippen molar-refractivity contribution in [3.8, 4) is 0 Å². The number of nitro benzene ring substituents is 1. The van der Waals surface area contributed by atoms with E-state index in [1.54, 1.807) is 0 Å². The standard InChI is InChI=1S/C12H10FN3O5/c13-6-3-8-7(10(4-6)16(20)21)1-2-14-11(8)15-9(5-17)12(18)19/h1-4,9,17H,5H2,(H,14,15)(H,18,19). The van der Waals surface area contributed by atoms with E-state index in [9.17, 15) is 19.3 Å². The number of fused-ring (bicyclic) bond motifs is 1. The Morgan fingerprint density at radius 3 is 2.76 bits per heavy atom. The van der Waals surface area contributed by atoms with Crippen LogP contribution in [0, 0.1) is 15.9 Å². The molecule has 0 saturated carbocycles. The van der Waals surface area contributed by atoms with E-state index in [0.717, 1.165) is 12.1 Å². The second-order valence-corrected chi connectivity index (χ2v) is 4.15. The third-order valence-electron chi connectivity index (χ3n) is 2.81. The van der Waals surface area contributed by atoms with Gasteiger partial charge in [0.05, 0.1) is 23.0 Å². The summed E-state index contributed by atoms with van der Waals surface area (Å²) in [5.74, 6) is -2.24. The van der Waals surface area contributed by atoms with E-state index in [1.165, 1.54) is 12.3 Å². The first-order valence-electron chi connectivity index (χ1n) is 5.77. The van der Waals surface area contributed by atoms with Crippen LogP contribution in [-0.4, -0.2) is 38.7 Å². The number of carboxylic acid groups (broad SMARTS) is 1. The number of aliphatic carboxylic acids is 1. The summed E-state index contributed by atoms with van der Waals surface area (Å²) in [4.78, 5) is 24.9. The molecular weight excluding hydrogens is 285 g/mol. The molecule has 0 amide bonds. The van der Waals surface area contributed by atoms with Crippen molar-refractivity contribution >= 4 is 28.2 Å². The van der Waals surface area contributed by atoms with E-state index >= 15 is 0 Å². The maximum atomic E-state index is 13.5. The highest BCUT2D eigenvalue weighted by atomic mass is 19.1. The van der Waals surface area contributed by atoms with Crippen molar-refractivity contribution in [2.24, 2.45) is 0 Å². The number of hydrogen-bond donors (Lipinski definition) is 3. The molecule has 0 fully saturated rings. The Kier molecular flexibility index (Phi) is 3.94. The second kappa shape index (κ2) is 5.67. The van der Waals surface area contributed by atoms with Crippen molar-refractivity contribution in [1.82, 2.24) is 4.98 Å². The number of aliphatic hydroxyl groups excluding tert-OH is 1. The van der Waals surface area contributed by atoms with Crippen molar-refractivity contribution in [1.29, 1.82) is 0 Å². The lowest BCUT2D eigenvalue weighted by molar-refractivity contribution is -0.383. The maximum absolute atomic E-state index is 13.5. The van der Waals surface area contributed by atoms with E-state index in [2.05, 4.69) is 10.3 Å². The predicted molar refractivity (Wildman–Crippen MR) is 70.5 cm³/mol. The quantitative estimate of drug-likeness (QED) is 0.557. The highest BCUT2D eigenvalue weighted by molar-refractivity contribution is 5.98. The molecule has 2 rings (SSSR count). The summed E-state index contributed by atoms with van der Waals surface area (Å²) in [5.41, 5.74) is -0.452. The normalized spacial score (nSPS) is 12.1. The maximum Gasteiger partial charge on any atom is 0.328 e. The van der Waals surface area contributed by atoms with Gasteiger partial charge in [-0.2, -0.15) is 0 Å². The number of anilines is 1. The van der Waals surface area contributed by atoms with Crippen LogP contribution >= 0.6 is 0 Å². The van der Waals surface area contributed by atoms with Crippen molar-refractivity contribution in [3.05, 3.63) is 40.3 Å². The zero-order valence-corrected chi connectivity index (χ0v) is 10.5. The number of non-ortho nitro benzene ring substituents is 1. The molecule has 21 heavy (non-hydrogen) atoms. The SMILES string of the molecule is O=C(O)C(CO)Nc1nccc2c([N+](=O)[O-])cc(F)cc12. The third-order valence-corrected chi connectivity index (χ3v) is 2.81. The third kappa shape index (κ3) is 2.87. The van der Waals surface area contributed by atoms with E-state index in [-0.39, 0.29) is 16.6 Å². The van der Waals surface area contributed by atoms with Crippen LogP contribution in [0.15, 0.2) is 24.4 Å². The lowest BCUT2D eigenvalue weighted by Crippen LogP contribution is -2.33. The molecule has 0 radical (unpaired) electrons. The number of pyridine rings is 1. The van der Waals surface area contributed by atoms with Crippen molar-refractivity contribution in [2.45, 2.75) is 6.04 Å². The second-order valence-electron chi connectivity index (χ2n) is 4.15. The molecule has 1 atom stereocenters. The molecule has 0 aliphatic heterocycles. The Labute approximate surface area is 117 Å². The molecule has 3 N–H and O–H groups in total. The average molecular weight is 295 g/mol. The van der Waals surface area contributed by atoms with E-state index in [4.69, 9.17) is 10.2 Å². The number of nitrogens with zero attached hydrogens (tertiary/aromatic N) is 2. The largest absolute Gasteiger partial charge is 0.480 e. The van der Waals surface area contributed by atoms with Gasteiger partial charge >= 0.3 is 5.97 Å². The molecule has 8 nitrogen and oxygen atoms in total. The first-order chi connectivity index (χ1) is 9.93. The van der Waals surface area contributed by atoms with Gasteiger partial charge in [-0.3, -0.25) is 10.1 Å². The van der Waals surface area contributed by atoms with Gasteiger partial charge in [-0.25, -0.2) is 14.2 Å². The molecule has 0 aliphatic carbocycles. The van der Waals surface area contributed by atoms with E-state index in [1.807, 2.05) is 0 Å². The monoisotopic (exact) mass is 295 g/mol. The van der Waals surface area contributed by atoms with Gasteiger partial charge in [-0.1, -0.05) is 0 Å². The van der Waals surface area contributed by atoms with Gasteiger partial charge in [0.15, 0.2) is 0 Å². The van der Waals surface area contributed by atoms with E-state index < -0.39 is 35.0 Å². The fraction of sp³-hybridized carbons (Fsp3) is 0.167. The zero-order valence-electron chi connectivity index (χ0n) is 10.5. The van der Waals surface area contributed by atoms with Crippen LogP contribution in [0.4, 0.5) is 15.9 Å². The minimum absolute atomic E-state index is 0.0587. The smallest absolute Gasteiger partial charge is 0.328 e. The number of nitrogens with one attached hydrogen (secondary N) is 1. The number of benzene rings is 1. The molecule has 110 valence electrons. The van der Waals surface area contributed by atoms with Gasteiger partial charge in [0.25, 0.3) is 5.69 Å². The van der Waals surface area contributed by atoms with Crippen molar-refractivity contribution in [3.63, 3.8) is 0 Å². The minimum atomic E-state index is -1.36. The van der Waals surface area contributed by atoms with Gasteiger partial charge < -0.3 is 15.5 Å². The van der Waals surface area contributed by atoms with Gasteiger partial charge in [-0.15, -0.1) is 0 Å². The molecule has 1 heterocycles. The topological polar surface area (TPSA) is 126 Å². The fourth-order valence-corrected chi connectivity index (χ4v) is 1.85. The van der Waals surface area contributed by atoms with Crippen molar-refractivity contribution < 1.29 is 24.3 Å². The number of nitro groups is 1. The fourth-order valence-electron chi connectivity index (χ4n) is 1.85. The average Bonchev–Trinajstić information content (AvgIpc) is 2.43. The summed E-state index contributed by atoms with van der Waals surface area (Å²) in [6.45, 7) is -0.717. The van der Waals surface area contributed by atoms with Crippen LogP contribution in [0.5, 0.6) is 0 Å². The Hall–Kier alpha value is -2.81. The molecule has 2 aromatic rings. The minimum Gasteiger partial charge on any atom is -0.480 e. The Balaban J connectivity index is 2.60. The Bertz CT molecular complexity index is 721. The summed E-state index contributed by atoms with van der Waals surface area (Å²) in [6.07, 6.45) is 1.23. The molecule has 0 spiro atoms. The van der Waals surface area contributed by atoms with Gasteiger partial charge in [0.1, 0.15) is 17.7 Å². The number of rotatable bonds is 5. The lowest BCUT2D eigenvalue weighted by atomic mass is 10.1. The number of aromatic nitrogens is 1. The van der Waals surface area contributed by atoms with Crippen LogP contribution in [0.3, 0.4) is 0 Å². The van der Waals surface area contributed by atoms with E-state index in [0.29, 0.717) is 0 Å². The lowest BCUT2D eigenvalue weighted by Gasteiger charge is -2.14. The Morgan fingerprint density at radius 1 is 1.48 bits per heavy atom. The molecular formula is C12H10FN3O5. The van der Waals surface area contributed by atoms with Gasteiger partial charge in [0, 0.05) is 11.6 Å². The number of hydrogen-bond acceptors (Lipinski definition) is 6. The summed E-state index contributed by atoms with van der Waals surface area (Å²) < 4.78 is 13.5. The molecule has 1 unspecified atom stereocenters. The highest BCUT2D eigenvalue weighted by Crippen LogP contribution is 2.30. The first kappa shape index (κ1) is 14.6. The molecule has 1 aromatic heterocycles. The van der Waals surface area contributed by atoms with Crippen molar-refractivity contribution in [2.75, 3.05) is 11.9 Å². The predicted octanol–water partition coefficient (Wildman–Crippen LogP) is 1.14.